The lowest BCUT2D eigenvalue weighted by atomic mass is 9.84. The van der Waals surface area contributed by atoms with Crippen LogP contribution in [0.4, 0.5) is 0 Å². The Bertz CT molecular complexity index is 594. The van der Waals surface area contributed by atoms with E-state index in [4.69, 9.17) is 11.6 Å². The number of thioether (sulfide) groups is 1. The Hall–Kier alpha value is -0.930. The molecule has 1 aliphatic carbocycles. The molecule has 0 aliphatic heterocycles. The van der Waals surface area contributed by atoms with Gasteiger partial charge in [0.25, 0.3) is 0 Å². The molecule has 20 heavy (non-hydrogen) atoms. The van der Waals surface area contributed by atoms with E-state index in [9.17, 15) is 0 Å². The van der Waals surface area contributed by atoms with Crippen molar-refractivity contribution in [3.8, 4) is 0 Å². The predicted molar refractivity (Wildman–Crippen MR) is 85.6 cm³/mol. The highest BCUT2D eigenvalue weighted by atomic mass is 35.5. The number of alkyl halides is 1. The highest BCUT2D eigenvalue weighted by molar-refractivity contribution is 7.99. The summed E-state index contributed by atoms with van der Waals surface area (Å²) in [5.74, 6) is 2.28. The van der Waals surface area contributed by atoms with Crippen LogP contribution in [0, 0.1) is 0 Å². The third-order valence-electron chi connectivity index (χ3n) is 4.09. The minimum Gasteiger partial charge on any atom is -0.325 e. The van der Waals surface area contributed by atoms with Gasteiger partial charge in [-0.05, 0) is 36.3 Å². The molecular formula is C16H19ClN2S. The average Bonchev–Trinajstić information content (AvgIpc) is 2.85. The summed E-state index contributed by atoms with van der Waals surface area (Å²) in [5.41, 5.74) is 4.15. The van der Waals surface area contributed by atoms with Crippen molar-refractivity contribution in [2.45, 2.75) is 36.2 Å². The van der Waals surface area contributed by atoms with Gasteiger partial charge in [-0.1, -0.05) is 36.0 Å². The summed E-state index contributed by atoms with van der Waals surface area (Å²) in [6, 6.07) is 8.88. The monoisotopic (exact) mass is 306 g/mol. The molecule has 1 aromatic carbocycles. The van der Waals surface area contributed by atoms with Crippen LogP contribution in [0.3, 0.4) is 0 Å². The molecule has 3 rings (SSSR count). The summed E-state index contributed by atoms with van der Waals surface area (Å²) < 4.78 is 2.10. The summed E-state index contributed by atoms with van der Waals surface area (Å²) in [6.07, 6.45) is 5.70. The third kappa shape index (κ3) is 2.75. The molecule has 1 heterocycles. The lowest BCUT2D eigenvalue weighted by molar-refractivity contribution is 0.595. The molecule has 2 nitrogen and oxygen atoms in total. The molecule has 1 aromatic heterocycles. The minimum absolute atomic E-state index is 0.524. The summed E-state index contributed by atoms with van der Waals surface area (Å²) >= 11 is 7.74. The quantitative estimate of drug-likeness (QED) is 0.616. The molecule has 106 valence electrons. The highest BCUT2D eigenvalue weighted by Gasteiger charge is 2.20. The molecule has 4 heteroatoms. The van der Waals surface area contributed by atoms with E-state index >= 15 is 0 Å². The number of rotatable bonds is 4. The smallest absolute Gasteiger partial charge is 0.167 e. The van der Waals surface area contributed by atoms with Gasteiger partial charge < -0.3 is 4.57 Å². The van der Waals surface area contributed by atoms with E-state index in [0.29, 0.717) is 11.8 Å². The molecule has 0 saturated heterocycles. The van der Waals surface area contributed by atoms with E-state index in [1.807, 2.05) is 25.0 Å². The largest absolute Gasteiger partial charge is 0.325 e. The predicted octanol–water partition coefficient (Wildman–Crippen LogP) is 4.37. The molecule has 0 saturated carbocycles. The number of benzene rings is 1. The van der Waals surface area contributed by atoms with E-state index in [1.165, 1.54) is 30.4 Å². The van der Waals surface area contributed by atoms with Gasteiger partial charge in [0.2, 0.25) is 0 Å². The van der Waals surface area contributed by atoms with Gasteiger partial charge in [-0.2, -0.15) is 0 Å². The zero-order valence-electron chi connectivity index (χ0n) is 11.7. The number of hydrogen-bond acceptors (Lipinski definition) is 2. The molecule has 0 bridgehead atoms. The maximum Gasteiger partial charge on any atom is 0.167 e. The number of aromatic nitrogens is 2. The fraction of sp³-hybridized carbons (Fsp3) is 0.438. The number of imidazole rings is 1. The molecule has 0 fully saturated rings. The van der Waals surface area contributed by atoms with Crippen molar-refractivity contribution in [3.05, 3.63) is 47.3 Å². The number of hydrogen-bond donors (Lipinski definition) is 0. The minimum atomic E-state index is 0.524. The van der Waals surface area contributed by atoms with Crippen LogP contribution in [0.5, 0.6) is 0 Å². The van der Waals surface area contributed by atoms with Crippen LogP contribution in [-0.4, -0.2) is 15.3 Å². The molecule has 2 aromatic rings. The number of aryl methyl sites for hydroxylation is 1. The number of fused-ring (bicyclic) bond motifs is 1. The van der Waals surface area contributed by atoms with Gasteiger partial charge in [0.15, 0.2) is 5.16 Å². The van der Waals surface area contributed by atoms with Crippen molar-refractivity contribution >= 4 is 23.4 Å². The van der Waals surface area contributed by atoms with E-state index in [1.54, 1.807) is 0 Å². The molecule has 0 spiro atoms. The lowest BCUT2D eigenvalue weighted by Crippen LogP contribution is -2.12. The van der Waals surface area contributed by atoms with Gasteiger partial charge in [0, 0.05) is 12.8 Å². The SMILES string of the molecule is Cn1c(CCl)cnc1SCC1CCCc2ccccc21. The van der Waals surface area contributed by atoms with Crippen LogP contribution in [0.1, 0.15) is 35.6 Å². The van der Waals surface area contributed by atoms with Gasteiger partial charge in [-0.3, -0.25) is 0 Å². The Morgan fingerprint density at radius 1 is 1.40 bits per heavy atom. The van der Waals surface area contributed by atoms with Gasteiger partial charge in [-0.25, -0.2) is 4.98 Å². The van der Waals surface area contributed by atoms with Crippen molar-refractivity contribution in [3.63, 3.8) is 0 Å². The van der Waals surface area contributed by atoms with Gasteiger partial charge in [-0.15, -0.1) is 11.6 Å². The van der Waals surface area contributed by atoms with E-state index < -0.39 is 0 Å². The van der Waals surface area contributed by atoms with Crippen molar-refractivity contribution in [1.29, 1.82) is 0 Å². The van der Waals surface area contributed by atoms with E-state index in [-0.39, 0.29) is 0 Å². The summed E-state index contributed by atoms with van der Waals surface area (Å²) in [5, 5.41) is 1.07. The molecule has 0 N–H and O–H groups in total. The maximum absolute atomic E-state index is 5.89. The molecule has 1 atom stereocenters. The van der Waals surface area contributed by atoms with Crippen LogP contribution >= 0.6 is 23.4 Å². The fourth-order valence-corrected chi connectivity index (χ4v) is 4.27. The zero-order valence-corrected chi connectivity index (χ0v) is 13.3. The molecular weight excluding hydrogens is 288 g/mol. The van der Waals surface area contributed by atoms with E-state index in [0.717, 1.165) is 16.6 Å². The van der Waals surface area contributed by atoms with Crippen LogP contribution in [0.15, 0.2) is 35.6 Å². The summed E-state index contributed by atoms with van der Waals surface area (Å²) in [6.45, 7) is 0. The Morgan fingerprint density at radius 2 is 2.25 bits per heavy atom. The zero-order chi connectivity index (χ0) is 13.9. The first-order valence-corrected chi connectivity index (χ1v) is 8.58. The second-order valence-corrected chi connectivity index (χ2v) is 6.58. The molecule has 0 amide bonds. The Morgan fingerprint density at radius 3 is 3.05 bits per heavy atom. The average molecular weight is 307 g/mol. The molecule has 1 aliphatic rings. The fourth-order valence-electron chi connectivity index (χ4n) is 2.89. The van der Waals surface area contributed by atoms with Crippen molar-refractivity contribution < 1.29 is 0 Å². The summed E-state index contributed by atoms with van der Waals surface area (Å²) in [4.78, 5) is 4.47. The topological polar surface area (TPSA) is 17.8 Å². The van der Waals surface area contributed by atoms with Crippen molar-refractivity contribution in [2.75, 3.05) is 5.75 Å². The molecule has 1 unspecified atom stereocenters. The highest BCUT2D eigenvalue weighted by Crippen LogP contribution is 2.35. The standard InChI is InChI=1S/C16H19ClN2S/c1-19-14(9-17)10-18-16(19)20-11-13-7-4-6-12-5-2-3-8-15(12)13/h2-3,5,8,10,13H,4,6-7,9,11H2,1H3. The van der Waals surface area contributed by atoms with Crippen LogP contribution in [0.25, 0.3) is 0 Å². The number of nitrogens with zero attached hydrogens (tertiary/aromatic N) is 2. The normalized spacial score (nSPS) is 18.0. The van der Waals surface area contributed by atoms with E-state index in [2.05, 4.69) is 33.8 Å². The lowest BCUT2D eigenvalue weighted by Gasteiger charge is -2.25. The van der Waals surface area contributed by atoms with Gasteiger partial charge in [0.1, 0.15) is 0 Å². The Labute approximate surface area is 129 Å². The van der Waals surface area contributed by atoms with Crippen LogP contribution < -0.4 is 0 Å². The second-order valence-electron chi connectivity index (χ2n) is 5.32. The second kappa shape index (κ2) is 6.23. The number of halogens is 1. The maximum atomic E-state index is 5.89. The van der Waals surface area contributed by atoms with Crippen LogP contribution in [-0.2, 0) is 19.3 Å². The third-order valence-corrected chi connectivity index (χ3v) is 5.57. The van der Waals surface area contributed by atoms with Gasteiger partial charge >= 0.3 is 0 Å². The van der Waals surface area contributed by atoms with Crippen molar-refractivity contribution in [1.82, 2.24) is 9.55 Å². The first kappa shape index (κ1) is 14.0. The van der Waals surface area contributed by atoms with Crippen LogP contribution in [0.2, 0.25) is 0 Å². The van der Waals surface area contributed by atoms with Crippen molar-refractivity contribution in [2.24, 2.45) is 7.05 Å². The Balaban J connectivity index is 1.71. The Kier molecular flexibility index (Phi) is 4.37. The summed E-state index contributed by atoms with van der Waals surface area (Å²) in [7, 11) is 2.04. The first-order chi connectivity index (χ1) is 9.79. The first-order valence-electron chi connectivity index (χ1n) is 7.06. The molecule has 0 radical (unpaired) electrons. The van der Waals surface area contributed by atoms with Gasteiger partial charge in [0.05, 0.1) is 17.8 Å².